The highest BCUT2D eigenvalue weighted by Gasteiger charge is 2.24. The topological polar surface area (TPSA) is 155 Å². The van der Waals surface area contributed by atoms with Gasteiger partial charge in [-0.1, -0.05) is 39.0 Å². The number of aliphatic hydroxyl groups excluding tert-OH is 1. The van der Waals surface area contributed by atoms with Gasteiger partial charge in [0.05, 0.1) is 29.6 Å². The summed E-state index contributed by atoms with van der Waals surface area (Å²) < 4.78 is 17.6. The van der Waals surface area contributed by atoms with E-state index in [-0.39, 0.29) is 28.1 Å². The van der Waals surface area contributed by atoms with Crippen LogP contribution in [0.2, 0.25) is 0 Å². The summed E-state index contributed by atoms with van der Waals surface area (Å²) in [5.74, 6) is -0.0367. The fraction of sp³-hybridized carbons (Fsp3) is 0.314. The second-order valence-corrected chi connectivity index (χ2v) is 13.0. The molecule has 5 aromatic rings. The first kappa shape index (κ1) is 32.5. The quantitative estimate of drug-likeness (QED) is 0.228. The van der Waals surface area contributed by atoms with Gasteiger partial charge >= 0.3 is 6.09 Å². The van der Waals surface area contributed by atoms with Crippen LogP contribution in [0.15, 0.2) is 70.5 Å². The van der Waals surface area contributed by atoms with Gasteiger partial charge in [-0.25, -0.2) is 18.9 Å². The SMILES string of the molecule is Cn1nc(-c2cccc(-n3ncc4cc(C(C)(C)C)cc(F)c4c3=O)c2CO)cc(Nc2ccc(C3CCN(C(=O)O)CC3)cn2)c1=O. The number of carbonyl (C=O) groups is 1. The predicted octanol–water partition coefficient (Wildman–Crippen LogP) is 5.07. The van der Waals surface area contributed by atoms with E-state index in [0.717, 1.165) is 15.8 Å². The number of likely N-dealkylation sites (tertiary alicyclic amines) is 1. The van der Waals surface area contributed by atoms with Gasteiger partial charge in [0, 0.05) is 42.8 Å². The molecule has 0 radical (unpaired) electrons. The molecule has 0 bridgehead atoms. The van der Waals surface area contributed by atoms with Crippen LogP contribution in [-0.2, 0) is 19.1 Å². The Labute approximate surface area is 275 Å². The van der Waals surface area contributed by atoms with Gasteiger partial charge in [0.2, 0.25) is 0 Å². The number of aliphatic hydroxyl groups is 1. The Morgan fingerprint density at radius 2 is 1.79 bits per heavy atom. The van der Waals surface area contributed by atoms with Crippen LogP contribution in [0.4, 0.5) is 20.7 Å². The van der Waals surface area contributed by atoms with Gasteiger partial charge in [-0.3, -0.25) is 9.59 Å². The van der Waals surface area contributed by atoms with Crippen LogP contribution in [0.1, 0.15) is 56.2 Å². The highest BCUT2D eigenvalue weighted by molar-refractivity contribution is 5.83. The number of fused-ring (bicyclic) bond motifs is 1. The zero-order chi connectivity index (χ0) is 34.3. The predicted molar refractivity (Wildman–Crippen MR) is 179 cm³/mol. The monoisotopic (exact) mass is 653 g/mol. The second kappa shape index (κ2) is 12.6. The molecule has 0 atom stereocenters. The van der Waals surface area contributed by atoms with Gasteiger partial charge in [0.15, 0.2) is 0 Å². The number of hydrogen-bond donors (Lipinski definition) is 3. The summed E-state index contributed by atoms with van der Waals surface area (Å²) >= 11 is 0. The van der Waals surface area contributed by atoms with Crippen LogP contribution in [0, 0.1) is 5.82 Å². The fourth-order valence-electron chi connectivity index (χ4n) is 6.11. The number of hydrogen-bond acceptors (Lipinski definition) is 8. The number of amides is 1. The van der Waals surface area contributed by atoms with Crippen LogP contribution in [0.3, 0.4) is 0 Å². The summed E-state index contributed by atoms with van der Waals surface area (Å²) in [6.07, 6.45) is 3.66. The molecule has 48 heavy (non-hydrogen) atoms. The molecule has 4 heterocycles. The molecule has 12 nitrogen and oxygen atoms in total. The van der Waals surface area contributed by atoms with E-state index in [2.05, 4.69) is 20.5 Å². The van der Waals surface area contributed by atoms with Crippen molar-refractivity contribution in [1.29, 1.82) is 0 Å². The van der Waals surface area contributed by atoms with E-state index in [4.69, 9.17) is 0 Å². The molecule has 1 aliphatic heterocycles. The number of aryl methyl sites for hydroxylation is 1. The first-order valence-electron chi connectivity index (χ1n) is 15.6. The van der Waals surface area contributed by atoms with Gasteiger partial charge in [-0.05, 0) is 65.6 Å². The van der Waals surface area contributed by atoms with E-state index in [0.29, 0.717) is 54.0 Å². The minimum Gasteiger partial charge on any atom is -0.465 e. The van der Waals surface area contributed by atoms with Crippen molar-refractivity contribution >= 4 is 28.4 Å². The number of aromatic nitrogens is 5. The maximum atomic E-state index is 15.4. The molecule has 2 aromatic carbocycles. The minimum atomic E-state index is -0.911. The number of halogens is 1. The van der Waals surface area contributed by atoms with Gasteiger partial charge in [0.1, 0.15) is 17.3 Å². The molecular formula is C35H36FN7O5. The molecule has 1 saturated heterocycles. The molecule has 1 aliphatic rings. The van der Waals surface area contributed by atoms with E-state index in [1.54, 1.807) is 42.6 Å². The van der Waals surface area contributed by atoms with E-state index in [1.807, 2.05) is 26.8 Å². The lowest BCUT2D eigenvalue weighted by atomic mass is 9.86. The average Bonchev–Trinajstić information content (AvgIpc) is 3.06. The van der Waals surface area contributed by atoms with E-state index in [9.17, 15) is 24.6 Å². The zero-order valence-corrected chi connectivity index (χ0v) is 27.1. The van der Waals surface area contributed by atoms with Crippen molar-refractivity contribution in [2.75, 3.05) is 18.4 Å². The third kappa shape index (κ3) is 6.16. The molecule has 3 N–H and O–H groups in total. The Hall–Kier alpha value is -5.43. The summed E-state index contributed by atoms with van der Waals surface area (Å²) in [6.45, 7) is 6.31. The van der Waals surface area contributed by atoms with Gasteiger partial charge < -0.3 is 20.4 Å². The zero-order valence-electron chi connectivity index (χ0n) is 27.1. The third-order valence-electron chi connectivity index (χ3n) is 8.87. The number of benzene rings is 2. The number of nitrogens with zero attached hydrogens (tertiary/aromatic N) is 6. The van der Waals surface area contributed by atoms with Crippen LogP contribution in [-0.4, -0.2) is 58.8 Å². The highest BCUT2D eigenvalue weighted by Crippen LogP contribution is 2.31. The molecule has 3 aromatic heterocycles. The maximum absolute atomic E-state index is 15.4. The smallest absolute Gasteiger partial charge is 0.407 e. The lowest BCUT2D eigenvalue weighted by Crippen LogP contribution is -2.36. The van der Waals surface area contributed by atoms with E-state index < -0.39 is 29.6 Å². The molecule has 0 saturated carbocycles. The van der Waals surface area contributed by atoms with Crippen molar-refractivity contribution in [2.24, 2.45) is 7.05 Å². The summed E-state index contributed by atoms with van der Waals surface area (Å²) in [4.78, 5) is 43.9. The second-order valence-electron chi connectivity index (χ2n) is 13.0. The number of piperidine rings is 1. The van der Waals surface area contributed by atoms with Crippen molar-refractivity contribution in [2.45, 2.75) is 51.6 Å². The van der Waals surface area contributed by atoms with Gasteiger partial charge in [0.25, 0.3) is 11.1 Å². The third-order valence-corrected chi connectivity index (χ3v) is 8.87. The number of pyridine rings is 1. The molecule has 248 valence electrons. The first-order valence-corrected chi connectivity index (χ1v) is 15.6. The summed E-state index contributed by atoms with van der Waals surface area (Å²) in [5, 5.41) is 31.9. The lowest BCUT2D eigenvalue weighted by molar-refractivity contribution is 0.132. The Bertz CT molecular complexity index is 2150. The molecular weight excluding hydrogens is 617 g/mol. The Morgan fingerprint density at radius 3 is 2.44 bits per heavy atom. The molecule has 0 unspecified atom stereocenters. The minimum absolute atomic E-state index is 0.108. The molecule has 13 heteroatoms. The molecule has 1 amide bonds. The maximum Gasteiger partial charge on any atom is 0.407 e. The summed E-state index contributed by atoms with van der Waals surface area (Å²) in [6, 6.07) is 13.3. The fourth-order valence-corrected chi connectivity index (χ4v) is 6.11. The van der Waals surface area contributed by atoms with Gasteiger partial charge in [-0.15, -0.1) is 0 Å². The van der Waals surface area contributed by atoms with Crippen LogP contribution in [0.5, 0.6) is 0 Å². The summed E-state index contributed by atoms with van der Waals surface area (Å²) in [5.41, 5.74) is 1.84. The largest absolute Gasteiger partial charge is 0.465 e. The molecule has 0 spiro atoms. The van der Waals surface area contributed by atoms with E-state index >= 15 is 4.39 Å². The van der Waals surface area contributed by atoms with Crippen molar-refractivity contribution in [3.05, 3.63) is 104 Å². The Kier molecular flexibility index (Phi) is 8.56. The summed E-state index contributed by atoms with van der Waals surface area (Å²) in [7, 11) is 1.50. The van der Waals surface area contributed by atoms with Crippen molar-refractivity contribution < 1.29 is 19.4 Å². The molecule has 6 rings (SSSR count). The number of rotatable bonds is 6. The lowest BCUT2D eigenvalue weighted by Gasteiger charge is -2.30. The average molecular weight is 654 g/mol. The van der Waals surface area contributed by atoms with Gasteiger partial charge in [-0.2, -0.15) is 14.9 Å². The van der Waals surface area contributed by atoms with Crippen molar-refractivity contribution in [1.82, 2.24) is 29.4 Å². The van der Waals surface area contributed by atoms with Crippen LogP contribution in [0.25, 0.3) is 27.7 Å². The number of nitrogens with one attached hydrogen (secondary N) is 1. The van der Waals surface area contributed by atoms with Crippen LogP contribution < -0.4 is 16.4 Å². The Morgan fingerprint density at radius 1 is 1.04 bits per heavy atom. The Balaban J connectivity index is 1.33. The molecule has 0 aliphatic carbocycles. The van der Waals surface area contributed by atoms with Crippen LogP contribution >= 0.6 is 0 Å². The highest BCUT2D eigenvalue weighted by atomic mass is 19.1. The number of anilines is 2. The van der Waals surface area contributed by atoms with E-state index in [1.165, 1.54) is 28.9 Å². The first-order chi connectivity index (χ1) is 22.8. The standard InChI is InChI=1S/C35H36FN7O5/c1-35(2,3)23-14-22-18-38-43(33(46)31(22)26(36)15-23)29-7-5-6-24(25(29)19-44)27-16-28(32(45)41(4)40-27)39-30-9-8-21(17-37-30)20-10-12-42(13-11-20)34(47)48/h5-9,14-18,20,44H,10-13,19H2,1-4H3,(H,37,39)(H,47,48). The van der Waals surface area contributed by atoms with Crippen molar-refractivity contribution in [3.8, 4) is 16.9 Å². The number of carboxylic acid groups (broad SMARTS) is 1. The normalized spacial score (nSPS) is 14.0. The molecule has 1 fully saturated rings. The van der Waals surface area contributed by atoms with Crippen molar-refractivity contribution in [3.63, 3.8) is 0 Å².